The highest BCUT2D eigenvalue weighted by molar-refractivity contribution is 7.91. The summed E-state index contributed by atoms with van der Waals surface area (Å²) < 4.78 is 24.6. The zero-order valence-corrected chi connectivity index (χ0v) is 25.2. The van der Waals surface area contributed by atoms with Gasteiger partial charge in [0.1, 0.15) is 0 Å². The number of carbonyl (C=O) groups excluding carboxylic acids is 1. The number of hydrogen-bond donors (Lipinski definition) is 2. The van der Waals surface area contributed by atoms with Crippen molar-refractivity contribution in [2.24, 2.45) is 0 Å². The van der Waals surface area contributed by atoms with Crippen molar-refractivity contribution in [3.8, 4) is 0 Å². The van der Waals surface area contributed by atoms with E-state index in [9.17, 15) is 13.2 Å². The van der Waals surface area contributed by atoms with Crippen molar-refractivity contribution in [3.05, 3.63) is 82.2 Å². The van der Waals surface area contributed by atoms with Crippen LogP contribution in [0.25, 0.3) is 0 Å². The fourth-order valence-corrected chi connectivity index (χ4v) is 5.71. The number of nitrogens with zero attached hydrogens (tertiary/aromatic N) is 3. The Morgan fingerprint density at radius 2 is 1.73 bits per heavy atom. The maximum atomic E-state index is 12.8. The Hall–Kier alpha value is -3.30. The summed E-state index contributed by atoms with van der Waals surface area (Å²) >= 11 is 0. The molecule has 2 heterocycles. The van der Waals surface area contributed by atoms with Gasteiger partial charge in [0.05, 0.1) is 16.2 Å². The molecule has 0 atom stereocenters. The predicted molar refractivity (Wildman–Crippen MR) is 161 cm³/mol. The van der Waals surface area contributed by atoms with Gasteiger partial charge >= 0.3 is 0 Å². The van der Waals surface area contributed by atoms with Gasteiger partial charge in [0.2, 0.25) is 5.95 Å². The Kier molecular flexibility index (Phi) is 8.95. The first-order valence-electron chi connectivity index (χ1n) is 13.8. The smallest absolute Gasteiger partial charge is 0.251 e. The largest absolute Gasteiger partial charge is 0.349 e. The van der Waals surface area contributed by atoms with Crippen molar-refractivity contribution in [1.29, 1.82) is 0 Å². The van der Waals surface area contributed by atoms with Crippen molar-refractivity contribution < 1.29 is 13.2 Å². The molecular formula is C31H41N5O3S. The molecule has 0 unspecified atom stereocenters. The van der Waals surface area contributed by atoms with Gasteiger partial charge in [-0.25, -0.2) is 18.4 Å². The summed E-state index contributed by atoms with van der Waals surface area (Å²) in [6, 6.07) is 13.5. The zero-order chi connectivity index (χ0) is 29.1. The SMILES string of the molecule is Cc1cc(C(=O)NC2CCN(C)CC2)ccc1Nc1ncc(C)c(Cc2cccc(CS(=O)(=O)C(C)(C)C)c2)n1. The van der Waals surface area contributed by atoms with Gasteiger partial charge in [-0.2, -0.15) is 0 Å². The molecule has 0 aliphatic carbocycles. The molecule has 0 spiro atoms. The van der Waals surface area contributed by atoms with Gasteiger partial charge < -0.3 is 15.5 Å². The molecule has 9 heteroatoms. The Morgan fingerprint density at radius 1 is 1.02 bits per heavy atom. The molecule has 1 aliphatic rings. The van der Waals surface area contributed by atoms with Gasteiger partial charge in [0.15, 0.2) is 9.84 Å². The maximum Gasteiger partial charge on any atom is 0.251 e. The second kappa shape index (κ2) is 12.1. The molecule has 2 aromatic carbocycles. The highest BCUT2D eigenvalue weighted by atomic mass is 32.2. The van der Waals surface area contributed by atoms with Gasteiger partial charge in [-0.15, -0.1) is 0 Å². The number of carbonyl (C=O) groups is 1. The van der Waals surface area contributed by atoms with Crippen LogP contribution in [0.1, 0.15) is 71.9 Å². The second-order valence-electron chi connectivity index (χ2n) is 11.9. The number of hydrogen-bond acceptors (Lipinski definition) is 7. The molecule has 1 aromatic heterocycles. The monoisotopic (exact) mass is 563 g/mol. The molecule has 0 bridgehead atoms. The predicted octanol–water partition coefficient (Wildman–Crippen LogP) is 4.97. The first-order valence-corrected chi connectivity index (χ1v) is 15.5. The summed E-state index contributed by atoms with van der Waals surface area (Å²) in [7, 11) is -1.17. The standard InChI is InChI=1S/C31H41N5O3S/c1-21-16-25(29(37)33-26-12-14-36(6)15-13-26)10-11-27(21)34-30-32-19-22(2)28(35-30)18-23-8-7-9-24(17-23)20-40(38,39)31(3,4)5/h7-11,16-17,19,26H,12-15,18,20H2,1-6H3,(H,33,37)(H,32,34,35). The van der Waals surface area contributed by atoms with E-state index in [-0.39, 0.29) is 17.7 Å². The van der Waals surface area contributed by atoms with E-state index in [1.54, 1.807) is 27.0 Å². The summed E-state index contributed by atoms with van der Waals surface area (Å²) in [5.41, 5.74) is 5.98. The fourth-order valence-electron chi connectivity index (χ4n) is 4.66. The van der Waals surface area contributed by atoms with E-state index in [0.717, 1.165) is 59.6 Å². The molecule has 4 rings (SSSR count). The van der Waals surface area contributed by atoms with E-state index < -0.39 is 14.6 Å². The summed E-state index contributed by atoms with van der Waals surface area (Å²) in [6.45, 7) is 11.1. The molecule has 3 aromatic rings. The summed E-state index contributed by atoms with van der Waals surface area (Å²) in [6.07, 6.45) is 4.28. The molecular weight excluding hydrogens is 522 g/mol. The molecule has 214 valence electrons. The average molecular weight is 564 g/mol. The lowest BCUT2D eigenvalue weighted by Crippen LogP contribution is -2.43. The van der Waals surface area contributed by atoms with Crippen LogP contribution < -0.4 is 10.6 Å². The van der Waals surface area contributed by atoms with Crippen LogP contribution in [0.15, 0.2) is 48.7 Å². The van der Waals surface area contributed by atoms with E-state index in [1.807, 2.05) is 56.3 Å². The number of aromatic nitrogens is 2. The number of nitrogens with one attached hydrogen (secondary N) is 2. The zero-order valence-electron chi connectivity index (χ0n) is 24.4. The van der Waals surface area contributed by atoms with E-state index in [1.165, 1.54) is 0 Å². The minimum absolute atomic E-state index is 0.00516. The van der Waals surface area contributed by atoms with E-state index in [4.69, 9.17) is 4.98 Å². The molecule has 40 heavy (non-hydrogen) atoms. The lowest BCUT2D eigenvalue weighted by Gasteiger charge is -2.29. The maximum absolute atomic E-state index is 12.8. The van der Waals surface area contributed by atoms with Crippen LogP contribution in [-0.4, -0.2) is 60.1 Å². The molecule has 1 aliphatic heterocycles. The third-order valence-corrected chi connectivity index (χ3v) is 10.1. The Bertz CT molecular complexity index is 1470. The summed E-state index contributed by atoms with van der Waals surface area (Å²) in [4.78, 5) is 24.3. The van der Waals surface area contributed by atoms with Gasteiger partial charge in [-0.05, 0) is 108 Å². The van der Waals surface area contributed by atoms with Crippen LogP contribution in [0.4, 0.5) is 11.6 Å². The number of benzene rings is 2. The topological polar surface area (TPSA) is 104 Å². The van der Waals surface area contributed by atoms with E-state index in [0.29, 0.717) is 17.9 Å². The van der Waals surface area contributed by atoms with Crippen molar-refractivity contribution in [2.45, 2.75) is 70.4 Å². The normalized spacial score (nSPS) is 15.2. The third-order valence-electron chi connectivity index (χ3n) is 7.52. The van der Waals surface area contributed by atoms with Crippen molar-refractivity contribution in [2.75, 3.05) is 25.5 Å². The van der Waals surface area contributed by atoms with Crippen LogP contribution in [0.3, 0.4) is 0 Å². The Balaban J connectivity index is 1.44. The quantitative estimate of drug-likeness (QED) is 0.399. The van der Waals surface area contributed by atoms with Crippen LogP contribution in [0, 0.1) is 13.8 Å². The van der Waals surface area contributed by atoms with Crippen molar-refractivity contribution >= 4 is 27.4 Å². The molecule has 1 saturated heterocycles. The number of sulfone groups is 1. The fraction of sp³-hybridized carbons (Fsp3) is 0.452. The average Bonchev–Trinajstić information content (AvgIpc) is 2.88. The molecule has 1 fully saturated rings. The summed E-state index contributed by atoms with van der Waals surface area (Å²) in [5, 5.41) is 6.47. The first kappa shape index (κ1) is 29.7. The molecule has 1 amide bonds. The molecule has 0 saturated carbocycles. The molecule has 8 nitrogen and oxygen atoms in total. The Labute approximate surface area is 238 Å². The van der Waals surface area contributed by atoms with Gasteiger partial charge in [0, 0.05) is 29.9 Å². The van der Waals surface area contributed by atoms with Gasteiger partial charge in [-0.1, -0.05) is 24.3 Å². The number of piperidine rings is 1. The van der Waals surface area contributed by atoms with Crippen LogP contribution >= 0.6 is 0 Å². The molecule has 2 N–H and O–H groups in total. The second-order valence-corrected chi connectivity index (χ2v) is 14.6. The lowest BCUT2D eigenvalue weighted by molar-refractivity contribution is 0.0917. The first-order chi connectivity index (χ1) is 18.8. The highest BCUT2D eigenvalue weighted by Gasteiger charge is 2.29. The Morgan fingerprint density at radius 3 is 2.40 bits per heavy atom. The number of anilines is 2. The highest BCUT2D eigenvalue weighted by Crippen LogP contribution is 2.24. The van der Waals surface area contributed by atoms with Gasteiger partial charge in [-0.3, -0.25) is 4.79 Å². The van der Waals surface area contributed by atoms with Crippen molar-refractivity contribution in [1.82, 2.24) is 20.2 Å². The molecule has 0 radical (unpaired) electrons. The summed E-state index contributed by atoms with van der Waals surface area (Å²) in [5.74, 6) is 0.430. The third kappa shape index (κ3) is 7.46. The number of aryl methyl sites for hydroxylation is 2. The number of rotatable bonds is 8. The van der Waals surface area contributed by atoms with Crippen LogP contribution in [0.5, 0.6) is 0 Å². The van der Waals surface area contributed by atoms with Crippen LogP contribution in [0.2, 0.25) is 0 Å². The van der Waals surface area contributed by atoms with E-state index >= 15 is 0 Å². The minimum atomic E-state index is -3.27. The van der Waals surface area contributed by atoms with Crippen molar-refractivity contribution in [3.63, 3.8) is 0 Å². The van der Waals surface area contributed by atoms with E-state index in [2.05, 4.69) is 27.6 Å². The minimum Gasteiger partial charge on any atom is -0.349 e. The lowest BCUT2D eigenvalue weighted by atomic mass is 10.0. The number of likely N-dealkylation sites (tertiary alicyclic amines) is 1. The number of amides is 1. The van der Waals surface area contributed by atoms with Crippen LogP contribution in [-0.2, 0) is 22.0 Å². The van der Waals surface area contributed by atoms with Gasteiger partial charge in [0.25, 0.3) is 5.91 Å².